The molecule has 0 radical (unpaired) electrons. The summed E-state index contributed by atoms with van der Waals surface area (Å²) in [4.78, 5) is 30.1. The number of ether oxygens (including phenoxy) is 1. The van der Waals surface area contributed by atoms with E-state index in [1.54, 1.807) is 0 Å². The van der Waals surface area contributed by atoms with Crippen molar-refractivity contribution in [2.24, 2.45) is 0 Å². The molecule has 0 saturated carbocycles. The van der Waals surface area contributed by atoms with Gasteiger partial charge in [0.2, 0.25) is 0 Å². The summed E-state index contributed by atoms with van der Waals surface area (Å²) in [6.07, 6.45) is -2.84. The molecule has 1 aromatic carbocycles. The average molecular weight is 471 g/mol. The number of fused-ring (bicyclic) bond motifs is 1. The second-order valence-corrected chi connectivity index (χ2v) is 8.24. The van der Waals surface area contributed by atoms with Gasteiger partial charge in [-0.05, 0) is 18.2 Å². The van der Waals surface area contributed by atoms with Gasteiger partial charge in [-0.3, -0.25) is 9.09 Å². The predicted molar refractivity (Wildman–Crippen MR) is 105 cm³/mol. The number of nitrogens with one attached hydrogen (secondary N) is 1. The summed E-state index contributed by atoms with van der Waals surface area (Å²) in [5.74, 6) is -0.360. The lowest BCUT2D eigenvalue weighted by molar-refractivity contribution is -0.0504. The van der Waals surface area contributed by atoms with Gasteiger partial charge in [0.15, 0.2) is 23.2 Å². The van der Waals surface area contributed by atoms with Gasteiger partial charge in [-0.1, -0.05) is 0 Å². The highest BCUT2D eigenvalue weighted by molar-refractivity contribution is 7.46. The summed E-state index contributed by atoms with van der Waals surface area (Å²) in [7, 11) is -4.79. The van der Waals surface area contributed by atoms with Crippen LogP contribution in [0.5, 0.6) is 5.75 Å². The van der Waals surface area contributed by atoms with Crippen molar-refractivity contribution in [2.75, 3.05) is 11.9 Å². The maximum Gasteiger partial charge on any atom is 0.469 e. The van der Waals surface area contributed by atoms with Crippen molar-refractivity contribution in [1.29, 1.82) is 0 Å². The quantitative estimate of drug-likeness (QED) is 0.253. The van der Waals surface area contributed by atoms with E-state index in [-0.39, 0.29) is 29.3 Å². The Balaban J connectivity index is 1.55. The predicted octanol–water partition coefficient (Wildman–Crippen LogP) is 0.0116. The number of phenols is 1. The van der Waals surface area contributed by atoms with Crippen LogP contribution in [0.4, 0.5) is 10.2 Å². The number of aliphatic hydroxyl groups is 2. The second kappa shape index (κ2) is 8.67. The van der Waals surface area contributed by atoms with E-state index in [1.807, 2.05) is 0 Å². The lowest BCUT2D eigenvalue weighted by atomic mass is 10.1. The highest BCUT2D eigenvalue weighted by Gasteiger charge is 2.45. The van der Waals surface area contributed by atoms with Crippen molar-refractivity contribution in [1.82, 2.24) is 19.5 Å². The van der Waals surface area contributed by atoms with E-state index in [9.17, 15) is 24.3 Å². The number of phosphoric ester groups is 1. The molecule has 32 heavy (non-hydrogen) atoms. The number of imidazole rings is 1. The molecule has 172 valence electrons. The van der Waals surface area contributed by atoms with Crippen molar-refractivity contribution in [3.63, 3.8) is 0 Å². The van der Waals surface area contributed by atoms with E-state index in [0.29, 0.717) is 5.56 Å². The molecule has 2 aromatic heterocycles. The number of hydrogen-bond acceptors (Lipinski definition) is 10. The number of halogens is 1. The lowest BCUT2D eigenvalue weighted by Gasteiger charge is -2.16. The number of hydrogen-bond donors (Lipinski definition) is 6. The van der Waals surface area contributed by atoms with E-state index in [4.69, 9.17) is 14.5 Å². The van der Waals surface area contributed by atoms with Gasteiger partial charge >= 0.3 is 7.82 Å². The third-order valence-electron chi connectivity index (χ3n) is 4.86. The SMILES string of the molecule is O=P(O)(O)OC[C@H]1O[C@@H](n2cnc3c(NCc4cc(F)ccc4O)ncnc32)[C@H](O)[C@@H]1O. The number of rotatable bonds is 7. The Morgan fingerprint density at radius 3 is 2.75 bits per heavy atom. The fourth-order valence-electron chi connectivity index (χ4n) is 3.31. The molecule has 4 atom stereocenters. The average Bonchev–Trinajstić information content (AvgIpc) is 3.28. The number of aromatic hydroxyl groups is 1. The molecule has 0 unspecified atom stereocenters. The Morgan fingerprint density at radius 1 is 1.22 bits per heavy atom. The number of aromatic nitrogens is 4. The van der Waals surface area contributed by atoms with E-state index in [1.165, 1.54) is 29.4 Å². The van der Waals surface area contributed by atoms with Gasteiger partial charge in [-0.2, -0.15) is 0 Å². The molecular weight excluding hydrogens is 452 g/mol. The molecule has 0 amide bonds. The van der Waals surface area contributed by atoms with Crippen LogP contribution in [0.1, 0.15) is 11.8 Å². The van der Waals surface area contributed by atoms with Crippen molar-refractivity contribution in [3.05, 3.63) is 42.2 Å². The van der Waals surface area contributed by atoms with Crippen LogP contribution < -0.4 is 5.32 Å². The summed E-state index contributed by atoms with van der Waals surface area (Å²) < 4.78 is 35.5. The van der Waals surface area contributed by atoms with Gasteiger partial charge in [-0.25, -0.2) is 23.9 Å². The standard InChI is InChI=1S/C17H19FN5O8P/c18-9-1-2-10(24)8(3-9)4-19-15-12-16(21-6-20-15)23(7-22-12)17-14(26)13(25)11(31-17)5-30-32(27,28)29/h1-3,6-7,11,13-14,17,24-26H,4-5H2,(H,19,20,21)(H2,27,28,29)/t11-,13-,14-,17-/m1/s1. The van der Waals surface area contributed by atoms with Gasteiger partial charge in [-0.15, -0.1) is 0 Å². The summed E-state index contributed by atoms with van der Waals surface area (Å²) in [5.41, 5.74) is 0.782. The fourth-order valence-corrected chi connectivity index (χ4v) is 3.65. The first-order valence-electron chi connectivity index (χ1n) is 9.24. The monoisotopic (exact) mass is 471 g/mol. The third-order valence-corrected chi connectivity index (χ3v) is 5.35. The van der Waals surface area contributed by atoms with E-state index >= 15 is 0 Å². The van der Waals surface area contributed by atoms with Gasteiger partial charge in [0.25, 0.3) is 0 Å². The van der Waals surface area contributed by atoms with Crippen molar-refractivity contribution in [2.45, 2.75) is 31.1 Å². The molecule has 6 N–H and O–H groups in total. The number of nitrogens with zero attached hydrogens (tertiary/aromatic N) is 4. The smallest absolute Gasteiger partial charge is 0.469 e. The van der Waals surface area contributed by atoms with Crippen LogP contribution in [0.3, 0.4) is 0 Å². The van der Waals surface area contributed by atoms with E-state index in [0.717, 1.165) is 6.07 Å². The van der Waals surface area contributed by atoms with Crippen LogP contribution >= 0.6 is 7.82 Å². The zero-order chi connectivity index (χ0) is 23.0. The molecular formula is C17H19FN5O8P. The molecule has 3 heterocycles. The van der Waals surface area contributed by atoms with Crippen LogP contribution in [-0.2, 0) is 20.4 Å². The minimum absolute atomic E-state index is 0.0334. The minimum Gasteiger partial charge on any atom is -0.508 e. The van der Waals surface area contributed by atoms with Crippen LogP contribution in [-0.4, -0.2) is 69.5 Å². The Morgan fingerprint density at radius 2 is 2.00 bits per heavy atom. The number of aliphatic hydroxyl groups excluding tert-OH is 2. The van der Waals surface area contributed by atoms with Crippen molar-refractivity contribution < 1.29 is 43.3 Å². The number of phosphoric acid groups is 1. The highest BCUT2D eigenvalue weighted by Crippen LogP contribution is 2.39. The number of phenolic OH excluding ortho intramolecular Hbond substituents is 1. The molecule has 3 aromatic rings. The third kappa shape index (κ3) is 4.56. The molecule has 1 saturated heterocycles. The molecule has 0 bridgehead atoms. The minimum atomic E-state index is -4.79. The van der Waals surface area contributed by atoms with Gasteiger partial charge in [0.1, 0.15) is 36.2 Å². The normalized spacial score (nSPS) is 23.7. The molecule has 1 fully saturated rings. The fraction of sp³-hybridized carbons (Fsp3) is 0.353. The zero-order valence-electron chi connectivity index (χ0n) is 16.2. The van der Waals surface area contributed by atoms with Crippen LogP contribution in [0, 0.1) is 5.82 Å². The number of benzene rings is 1. The molecule has 1 aliphatic rings. The first-order valence-corrected chi connectivity index (χ1v) is 10.8. The van der Waals surface area contributed by atoms with Gasteiger partial charge in [0, 0.05) is 12.1 Å². The molecule has 1 aliphatic heterocycles. The molecule has 15 heteroatoms. The Hall–Kier alpha value is -2.71. The van der Waals surface area contributed by atoms with Crippen molar-refractivity contribution in [3.8, 4) is 5.75 Å². The summed E-state index contributed by atoms with van der Waals surface area (Å²) in [6, 6.07) is 3.53. The summed E-state index contributed by atoms with van der Waals surface area (Å²) in [6.45, 7) is -0.615. The Bertz CT molecular complexity index is 1170. The maximum atomic E-state index is 13.4. The Labute approximate surface area is 179 Å². The molecule has 0 spiro atoms. The van der Waals surface area contributed by atoms with Crippen LogP contribution in [0.15, 0.2) is 30.9 Å². The second-order valence-electron chi connectivity index (χ2n) is 7.01. The first-order chi connectivity index (χ1) is 15.1. The molecule has 4 rings (SSSR count). The molecule has 0 aliphatic carbocycles. The van der Waals surface area contributed by atoms with Crippen molar-refractivity contribution >= 4 is 24.8 Å². The molecule has 13 nitrogen and oxygen atoms in total. The van der Waals surface area contributed by atoms with Crippen LogP contribution in [0.2, 0.25) is 0 Å². The Kier molecular flexibility index (Phi) is 6.09. The largest absolute Gasteiger partial charge is 0.508 e. The zero-order valence-corrected chi connectivity index (χ0v) is 17.1. The number of anilines is 1. The van der Waals surface area contributed by atoms with E-state index < -0.39 is 44.8 Å². The summed E-state index contributed by atoms with van der Waals surface area (Å²) >= 11 is 0. The van der Waals surface area contributed by atoms with Crippen LogP contribution in [0.25, 0.3) is 11.2 Å². The van der Waals surface area contributed by atoms with Gasteiger partial charge in [0.05, 0.1) is 12.9 Å². The topological polar surface area (TPSA) is 192 Å². The lowest BCUT2D eigenvalue weighted by Crippen LogP contribution is -2.33. The first kappa shape index (κ1) is 22.5. The highest BCUT2D eigenvalue weighted by atomic mass is 31.2. The van der Waals surface area contributed by atoms with Gasteiger partial charge < -0.3 is 35.2 Å². The maximum absolute atomic E-state index is 13.4. The van der Waals surface area contributed by atoms with E-state index in [2.05, 4.69) is 24.8 Å². The summed E-state index contributed by atoms with van der Waals surface area (Å²) in [5, 5.41) is 33.3.